The van der Waals surface area contributed by atoms with Crippen molar-refractivity contribution in [3.63, 3.8) is 0 Å². The smallest absolute Gasteiger partial charge is 0.232 e. The van der Waals surface area contributed by atoms with Crippen LogP contribution in [0.1, 0.15) is 5.56 Å². The van der Waals surface area contributed by atoms with Crippen LogP contribution in [0.15, 0.2) is 12.5 Å². The molecule has 11 heavy (non-hydrogen) atoms. The predicted molar refractivity (Wildman–Crippen MR) is 39.1 cm³/mol. The summed E-state index contributed by atoms with van der Waals surface area (Å²) in [5.41, 5.74) is 0.917. The van der Waals surface area contributed by atoms with E-state index in [1.54, 1.807) is 18.1 Å². The molecule has 0 spiro atoms. The average Bonchev–Trinajstić information content (AvgIpc) is 2.30. The van der Waals surface area contributed by atoms with Gasteiger partial charge in [0.15, 0.2) is 0 Å². The van der Waals surface area contributed by atoms with E-state index in [2.05, 4.69) is 9.97 Å². The first-order valence-electron chi connectivity index (χ1n) is 3.34. The third kappa shape index (κ3) is 0.790. The van der Waals surface area contributed by atoms with Crippen LogP contribution >= 0.6 is 0 Å². The number of anilines is 1. The van der Waals surface area contributed by atoms with Crippen molar-refractivity contribution in [1.29, 1.82) is 0 Å². The van der Waals surface area contributed by atoms with Crippen LogP contribution in [0.4, 0.5) is 5.82 Å². The fourth-order valence-electron chi connectivity index (χ4n) is 1.18. The Kier molecular flexibility index (Phi) is 1.15. The van der Waals surface area contributed by atoms with Gasteiger partial charge in [0, 0.05) is 18.8 Å². The van der Waals surface area contributed by atoms with Gasteiger partial charge in [0.25, 0.3) is 0 Å². The van der Waals surface area contributed by atoms with Crippen molar-refractivity contribution in [1.82, 2.24) is 9.97 Å². The second-order valence-electron chi connectivity index (χ2n) is 2.50. The lowest BCUT2D eigenvalue weighted by Crippen LogP contribution is -2.21. The van der Waals surface area contributed by atoms with Crippen LogP contribution in [0, 0.1) is 0 Å². The lowest BCUT2D eigenvalue weighted by atomic mass is 10.3. The number of nitrogens with zero attached hydrogens (tertiary/aromatic N) is 3. The molecule has 0 aliphatic carbocycles. The normalized spacial score (nSPS) is 15.4. The second-order valence-corrected chi connectivity index (χ2v) is 2.50. The third-order valence-electron chi connectivity index (χ3n) is 1.80. The number of carbonyl (C=O) groups is 1. The van der Waals surface area contributed by atoms with Gasteiger partial charge in [-0.1, -0.05) is 0 Å². The van der Waals surface area contributed by atoms with Crippen molar-refractivity contribution in [2.45, 2.75) is 6.42 Å². The molecular weight excluding hydrogens is 142 g/mol. The zero-order chi connectivity index (χ0) is 7.84. The van der Waals surface area contributed by atoms with Crippen molar-refractivity contribution in [2.24, 2.45) is 0 Å². The average molecular weight is 149 g/mol. The number of amides is 1. The van der Waals surface area contributed by atoms with Gasteiger partial charge in [-0.3, -0.25) is 9.69 Å². The van der Waals surface area contributed by atoms with Gasteiger partial charge in [0.1, 0.15) is 12.1 Å². The van der Waals surface area contributed by atoms with E-state index in [1.165, 1.54) is 6.33 Å². The molecule has 1 aromatic heterocycles. The summed E-state index contributed by atoms with van der Waals surface area (Å²) in [6.07, 6.45) is 3.57. The molecule has 0 unspecified atom stereocenters. The molecule has 0 saturated carbocycles. The van der Waals surface area contributed by atoms with E-state index in [4.69, 9.17) is 0 Å². The van der Waals surface area contributed by atoms with E-state index in [0.29, 0.717) is 6.42 Å². The maximum atomic E-state index is 11.1. The molecule has 1 amide bonds. The summed E-state index contributed by atoms with van der Waals surface area (Å²) in [4.78, 5) is 20.5. The molecule has 0 bridgehead atoms. The number of fused-ring (bicyclic) bond motifs is 1. The first-order chi connectivity index (χ1) is 5.29. The minimum Gasteiger partial charge on any atom is -0.299 e. The highest BCUT2D eigenvalue weighted by Crippen LogP contribution is 2.22. The summed E-state index contributed by atoms with van der Waals surface area (Å²) >= 11 is 0. The molecule has 4 heteroatoms. The molecule has 0 saturated heterocycles. The number of likely N-dealkylation sites (N-methyl/N-ethyl adjacent to an activating group) is 1. The summed E-state index contributed by atoms with van der Waals surface area (Å²) in [7, 11) is 1.72. The number of hydrogen-bond acceptors (Lipinski definition) is 3. The van der Waals surface area contributed by atoms with Crippen LogP contribution in [-0.2, 0) is 11.2 Å². The Morgan fingerprint density at radius 3 is 3.18 bits per heavy atom. The maximum absolute atomic E-state index is 11.1. The van der Waals surface area contributed by atoms with E-state index in [9.17, 15) is 4.79 Å². The van der Waals surface area contributed by atoms with Gasteiger partial charge in [0.05, 0.1) is 6.42 Å². The molecular formula is C7H7N3O. The zero-order valence-electron chi connectivity index (χ0n) is 6.11. The van der Waals surface area contributed by atoms with Gasteiger partial charge in [-0.2, -0.15) is 0 Å². The van der Waals surface area contributed by atoms with Gasteiger partial charge >= 0.3 is 0 Å². The van der Waals surface area contributed by atoms with Crippen LogP contribution in [0.25, 0.3) is 0 Å². The van der Waals surface area contributed by atoms with Crippen molar-refractivity contribution in [3.05, 3.63) is 18.1 Å². The number of hydrogen-bond donors (Lipinski definition) is 0. The molecule has 2 rings (SSSR count). The van der Waals surface area contributed by atoms with Crippen molar-refractivity contribution >= 4 is 11.7 Å². The van der Waals surface area contributed by atoms with Gasteiger partial charge in [-0.05, 0) is 0 Å². The third-order valence-corrected chi connectivity index (χ3v) is 1.80. The molecule has 1 aliphatic rings. The topological polar surface area (TPSA) is 46.1 Å². The van der Waals surface area contributed by atoms with Crippen LogP contribution in [0.2, 0.25) is 0 Å². The monoisotopic (exact) mass is 149 g/mol. The van der Waals surface area contributed by atoms with Crippen LogP contribution in [0.3, 0.4) is 0 Å². The molecule has 0 N–H and O–H groups in total. The van der Waals surface area contributed by atoms with Crippen LogP contribution < -0.4 is 4.90 Å². The number of carbonyl (C=O) groups excluding carboxylic acids is 1. The highest BCUT2D eigenvalue weighted by molar-refractivity contribution is 5.99. The van der Waals surface area contributed by atoms with Crippen molar-refractivity contribution in [2.75, 3.05) is 11.9 Å². The fourth-order valence-corrected chi connectivity index (χ4v) is 1.18. The summed E-state index contributed by atoms with van der Waals surface area (Å²) < 4.78 is 0. The van der Waals surface area contributed by atoms with E-state index < -0.39 is 0 Å². The Bertz CT molecular complexity index is 310. The van der Waals surface area contributed by atoms with Crippen molar-refractivity contribution < 1.29 is 4.79 Å². The Morgan fingerprint density at radius 2 is 2.45 bits per heavy atom. The molecule has 0 atom stereocenters. The number of aromatic nitrogens is 2. The Morgan fingerprint density at radius 1 is 1.64 bits per heavy atom. The lowest BCUT2D eigenvalue weighted by molar-refractivity contribution is -0.117. The molecule has 0 radical (unpaired) electrons. The molecule has 0 fully saturated rings. The van der Waals surface area contributed by atoms with Gasteiger partial charge < -0.3 is 0 Å². The van der Waals surface area contributed by atoms with Gasteiger partial charge in [-0.15, -0.1) is 0 Å². The first kappa shape index (κ1) is 6.27. The molecule has 0 aromatic carbocycles. The molecule has 2 heterocycles. The molecule has 1 aromatic rings. The van der Waals surface area contributed by atoms with Crippen LogP contribution in [-0.4, -0.2) is 22.9 Å². The summed E-state index contributed by atoms with van der Waals surface area (Å²) in [6.45, 7) is 0. The van der Waals surface area contributed by atoms with Crippen LogP contribution in [0.5, 0.6) is 0 Å². The highest BCUT2D eigenvalue weighted by Gasteiger charge is 2.24. The van der Waals surface area contributed by atoms with Crippen molar-refractivity contribution in [3.8, 4) is 0 Å². The van der Waals surface area contributed by atoms with Gasteiger partial charge in [0.2, 0.25) is 5.91 Å². The lowest BCUT2D eigenvalue weighted by Gasteiger charge is -2.06. The largest absolute Gasteiger partial charge is 0.299 e. The Hall–Kier alpha value is -1.45. The predicted octanol–water partition coefficient (Wildman–Crippen LogP) is -0.00450. The standard InChI is InChI=1S/C7H7N3O/c1-10-6(11)2-5-3-8-4-9-7(5)10/h3-4H,2H2,1H3. The SMILES string of the molecule is CN1C(=O)Cc2cncnc21. The minimum absolute atomic E-state index is 0.0838. The van der Waals surface area contributed by atoms with E-state index in [0.717, 1.165) is 11.4 Å². The first-order valence-corrected chi connectivity index (χ1v) is 3.34. The second kappa shape index (κ2) is 2.02. The summed E-state index contributed by atoms with van der Waals surface area (Å²) in [5.74, 6) is 0.825. The highest BCUT2D eigenvalue weighted by atomic mass is 16.2. The van der Waals surface area contributed by atoms with E-state index in [-0.39, 0.29) is 5.91 Å². The fraction of sp³-hybridized carbons (Fsp3) is 0.286. The zero-order valence-corrected chi connectivity index (χ0v) is 6.11. The maximum Gasteiger partial charge on any atom is 0.232 e. The van der Waals surface area contributed by atoms with Gasteiger partial charge in [-0.25, -0.2) is 9.97 Å². The molecule has 56 valence electrons. The molecule has 1 aliphatic heterocycles. The Balaban J connectivity index is 2.55. The minimum atomic E-state index is 0.0838. The van der Waals surface area contributed by atoms with E-state index in [1.807, 2.05) is 0 Å². The quantitative estimate of drug-likeness (QED) is 0.521. The molecule has 4 nitrogen and oxygen atoms in total. The summed E-state index contributed by atoms with van der Waals surface area (Å²) in [6, 6.07) is 0. The Labute approximate surface area is 63.9 Å². The summed E-state index contributed by atoms with van der Waals surface area (Å²) in [5, 5.41) is 0. The van der Waals surface area contributed by atoms with E-state index >= 15 is 0 Å². The number of rotatable bonds is 0.